The van der Waals surface area contributed by atoms with Gasteiger partial charge >= 0.3 is 21.1 Å². The fourth-order valence-corrected chi connectivity index (χ4v) is 4.73. The van der Waals surface area contributed by atoms with Crippen LogP contribution in [0, 0.1) is 0 Å². The zero-order valence-corrected chi connectivity index (χ0v) is 14.5. The Bertz CT molecular complexity index is 476. The van der Waals surface area contributed by atoms with Crippen molar-refractivity contribution in [1.82, 2.24) is 0 Å². The molecule has 0 saturated carbocycles. The third-order valence-electron chi connectivity index (χ3n) is 3.13. The number of rotatable bonds is 10. The lowest BCUT2D eigenvalue weighted by molar-refractivity contribution is -0.373. The van der Waals surface area contributed by atoms with Crippen molar-refractivity contribution in [3.05, 3.63) is 35.9 Å². The topological polar surface area (TPSA) is 27.7 Å². The van der Waals surface area contributed by atoms with Crippen molar-refractivity contribution < 1.29 is 35.2 Å². The van der Waals surface area contributed by atoms with Gasteiger partial charge in [0.15, 0.2) is 0 Å². The molecule has 0 amide bonds. The van der Waals surface area contributed by atoms with Crippen LogP contribution in [0.25, 0.3) is 0 Å². The Balaban J connectivity index is 2.84. The molecule has 0 aromatic heterocycles. The summed E-state index contributed by atoms with van der Waals surface area (Å²) in [6, 6.07) is 9.02. The summed E-state index contributed by atoms with van der Waals surface area (Å²) in [6.07, 6.45) is -10.3. The van der Waals surface area contributed by atoms with E-state index in [1.54, 1.807) is 0 Å². The zero-order chi connectivity index (χ0) is 18.3. The molecule has 1 aromatic rings. The maximum atomic E-state index is 13.4. The third kappa shape index (κ3) is 6.12. The van der Waals surface area contributed by atoms with E-state index in [1.165, 1.54) is 13.8 Å². The quantitative estimate of drug-likeness (QED) is 0.436. The summed E-state index contributed by atoms with van der Waals surface area (Å²) in [6.45, 7) is 2.83. The lowest BCUT2D eigenvalue weighted by atomic mass is 10.1. The standard InChI is InChI=1S/C15H21F5O3Si/c1-3-21-24(22-4-2,23-15(19,20)14(16,17)18)12-8-11-13-9-6-5-7-10-13/h5-7,9-10H,3-4,8,11-12H2,1-2H3. The number of benzene rings is 1. The second-order valence-electron chi connectivity index (χ2n) is 5.00. The Kier molecular flexibility index (Phi) is 7.78. The molecule has 1 rings (SSSR count). The highest BCUT2D eigenvalue weighted by molar-refractivity contribution is 6.60. The Hall–Kier alpha value is -1.03. The SMILES string of the molecule is CCO[Si](CCCc1ccccc1)(OCC)OC(F)(F)C(F)(F)F. The predicted molar refractivity (Wildman–Crippen MR) is 80.7 cm³/mol. The van der Waals surface area contributed by atoms with Crippen LogP contribution >= 0.6 is 0 Å². The van der Waals surface area contributed by atoms with Crippen LogP contribution in [0.4, 0.5) is 22.0 Å². The number of alkyl halides is 5. The van der Waals surface area contributed by atoms with E-state index in [-0.39, 0.29) is 19.3 Å². The van der Waals surface area contributed by atoms with Gasteiger partial charge < -0.3 is 13.3 Å². The first-order valence-electron chi connectivity index (χ1n) is 7.62. The van der Waals surface area contributed by atoms with Crippen LogP contribution in [0.3, 0.4) is 0 Å². The maximum absolute atomic E-state index is 13.4. The minimum Gasteiger partial charge on any atom is -0.374 e. The van der Waals surface area contributed by atoms with E-state index in [1.807, 2.05) is 30.3 Å². The minimum atomic E-state index is -5.82. The lowest BCUT2D eigenvalue weighted by Crippen LogP contribution is -2.55. The van der Waals surface area contributed by atoms with Crippen molar-refractivity contribution in [3.8, 4) is 0 Å². The number of halogens is 5. The first-order valence-corrected chi connectivity index (χ1v) is 9.55. The van der Waals surface area contributed by atoms with E-state index >= 15 is 0 Å². The fraction of sp³-hybridized carbons (Fsp3) is 0.600. The van der Waals surface area contributed by atoms with Crippen LogP contribution in [0.15, 0.2) is 30.3 Å². The van der Waals surface area contributed by atoms with Crippen LogP contribution in [0.1, 0.15) is 25.8 Å². The Morgan fingerprint density at radius 1 is 0.917 bits per heavy atom. The van der Waals surface area contributed by atoms with Gasteiger partial charge in [0, 0.05) is 19.3 Å². The molecule has 0 aliphatic heterocycles. The molecule has 138 valence electrons. The van der Waals surface area contributed by atoms with Crippen LogP contribution in [0.5, 0.6) is 0 Å². The van der Waals surface area contributed by atoms with Crippen molar-refractivity contribution in [2.24, 2.45) is 0 Å². The van der Waals surface area contributed by atoms with Crippen molar-refractivity contribution >= 4 is 8.80 Å². The summed E-state index contributed by atoms with van der Waals surface area (Å²) in [5.41, 5.74) is 0.941. The van der Waals surface area contributed by atoms with E-state index in [4.69, 9.17) is 8.85 Å². The Labute approximate surface area is 139 Å². The summed E-state index contributed by atoms with van der Waals surface area (Å²) in [5, 5.41) is 0. The summed E-state index contributed by atoms with van der Waals surface area (Å²) in [7, 11) is -4.16. The molecular weight excluding hydrogens is 351 g/mol. The van der Waals surface area contributed by atoms with Crippen molar-refractivity contribution in [1.29, 1.82) is 0 Å². The normalized spacial score (nSPS) is 13.3. The number of aryl methyl sites for hydroxylation is 1. The Morgan fingerprint density at radius 2 is 1.46 bits per heavy atom. The van der Waals surface area contributed by atoms with Gasteiger partial charge in [-0.3, -0.25) is 0 Å². The van der Waals surface area contributed by atoms with Gasteiger partial charge in [-0.25, -0.2) is 0 Å². The molecule has 0 heterocycles. The fourth-order valence-electron chi connectivity index (χ4n) is 2.14. The van der Waals surface area contributed by atoms with E-state index in [2.05, 4.69) is 4.43 Å². The molecular formula is C15H21F5O3Si. The second kappa shape index (κ2) is 8.89. The van der Waals surface area contributed by atoms with Gasteiger partial charge in [-0.2, -0.15) is 22.0 Å². The van der Waals surface area contributed by atoms with Gasteiger partial charge in [0.2, 0.25) is 0 Å². The molecule has 0 fully saturated rings. The highest BCUT2D eigenvalue weighted by atomic mass is 28.4. The minimum absolute atomic E-state index is 0.0779. The van der Waals surface area contributed by atoms with Crippen molar-refractivity contribution in [3.63, 3.8) is 0 Å². The van der Waals surface area contributed by atoms with Crippen LogP contribution in [-0.2, 0) is 19.7 Å². The molecule has 0 N–H and O–H groups in total. The zero-order valence-electron chi connectivity index (χ0n) is 13.5. The monoisotopic (exact) mass is 372 g/mol. The van der Waals surface area contributed by atoms with Crippen LogP contribution in [-0.4, -0.2) is 34.3 Å². The van der Waals surface area contributed by atoms with Crippen LogP contribution in [0.2, 0.25) is 6.04 Å². The molecule has 9 heteroatoms. The average Bonchev–Trinajstić information content (AvgIpc) is 2.47. The molecule has 0 unspecified atom stereocenters. The van der Waals surface area contributed by atoms with Crippen molar-refractivity contribution in [2.45, 2.75) is 45.0 Å². The molecule has 3 nitrogen and oxygen atoms in total. The summed E-state index contributed by atoms with van der Waals surface area (Å²) >= 11 is 0. The van der Waals surface area contributed by atoms with Gasteiger partial charge in [-0.15, -0.1) is 0 Å². The first-order chi connectivity index (χ1) is 11.2. The number of hydrogen-bond acceptors (Lipinski definition) is 3. The van der Waals surface area contributed by atoms with E-state index in [0.29, 0.717) is 12.8 Å². The molecule has 0 saturated heterocycles. The summed E-state index contributed by atoms with van der Waals surface area (Å²) < 4.78 is 78.6. The second-order valence-corrected chi connectivity index (χ2v) is 7.65. The molecule has 0 aliphatic rings. The smallest absolute Gasteiger partial charge is 0.374 e. The largest absolute Gasteiger partial charge is 0.505 e. The Morgan fingerprint density at radius 3 is 1.92 bits per heavy atom. The molecule has 1 aromatic carbocycles. The average molecular weight is 372 g/mol. The molecule has 0 aliphatic carbocycles. The van der Waals surface area contributed by atoms with Crippen LogP contribution < -0.4 is 0 Å². The van der Waals surface area contributed by atoms with Gasteiger partial charge in [0.1, 0.15) is 0 Å². The third-order valence-corrected chi connectivity index (χ3v) is 6.12. The van der Waals surface area contributed by atoms with E-state index in [0.717, 1.165) is 5.56 Å². The summed E-state index contributed by atoms with van der Waals surface area (Å²) in [4.78, 5) is 0. The van der Waals surface area contributed by atoms with Crippen molar-refractivity contribution in [2.75, 3.05) is 13.2 Å². The van der Waals surface area contributed by atoms with Gasteiger partial charge in [0.05, 0.1) is 0 Å². The molecule has 0 atom stereocenters. The van der Waals surface area contributed by atoms with E-state index < -0.39 is 21.1 Å². The van der Waals surface area contributed by atoms with Gasteiger partial charge in [0.25, 0.3) is 0 Å². The lowest BCUT2D eigenvalue weighted by Gasteiger charge is -2.33. The first kappa shape index (κ1) is 21.0. The molecule has 24 heavy (non-hydrogen) atoms. The summed E-state index contributed by atoms with van der Waals surface area (Å²) in [5.74, 6) is 0. The molecule has 0 spiro atoms. The molecule has 0 radical (unpaired) electrons. The molecule has 0 bridgehead atoms. The predicted octanol–water partition coefficient (Wildman–Crippen LogP) is 4.80. The van der Waals surface area contributed by atoms with E-state index in [9.17, 15) is 22.0 Å². The van der Waals surface area contributed by atoms with Gasteiger partial charge in [-0.05, 0) is 32.3 Å². The highest BCUT2D eigenvalue weighted by Gasteiger charge is 2.64. The number of hydrogen-bond donors (Lipinski definition) is 0. The highest BCUT2D eigenvalue weighted by Crippen LogP contribution is 2.40. The maximum Gasteiger partial charge on any atom is 0.505 e. The van der Waals surface area contributed by atoms with Gasteiger partial charge in [-0.1, -0.05) is 30.3 Å².